The average molecular weight is 293 g/mol. The second-order valence-corrected chi connectivity index (χ2v) is 4.85. The molecule has 7 nitrogen and oxygen atoms in total. The fraction of sp³-hybridized carbons (Fsp3) is 0.200. The number of anilines is 2. The fourth-order valence-electron chi connectivity index (χ4n) is 2.22. The quantitative estimate of drug-likeness (QED) is 0.618. The highest BCUT2D eigenvalue weighted by atomic mass is 15.2. The number of hydrogen-bond donors (Lipinski definition) is 3. The van der Waals surface area contributed by atoms with Gasteiger partial charge in [-0.05, 0) is 25.0 Å². The molecule has 0 fully saturated rings. The first kappa shape index (κ1) is 13.8. The summed E-state index contributed by atoms with van der Waals surface area (Å²) in [7, 11) is 0. The van der Waals surface area contributed by atoms with E-state index in [4.69, 9.17) is 11.0 Å². The van der Waals surface area contributed by atoms with Crippen LogP contribution in [0.1, 0.15) is 17.7 Å². The van der Waals surface area contributed by atoms with E-state index in [0.717, 1.165) is 35.5 Å². The van der Waals surface area contributed by atoms with Crippen LogP contribution >= 0.6 is 0 Å². The zero-order valence-corrected chi connectivity index (χ0v) is 11.9. The molecule has 7 heteroatoms. The first-order valence-electron chi connectivity index (χ1n) is 6.96. The molecule has 0 aliphatic rings. The molecule has 110 valence electrons. The van der Waals surface area contributed by atoms with Gasteiger partial charge in [-0.25, -0.2) is 4.98 Å². The maximum Gasteiger partial charge on any atom is 0.163 e. The first-order chi connectivity index (χ1) is 10.8. The van der Waals surface area contributed by atoms with Crippen LogP contribution in [0.25, 0.3) is 11.0 Å². The molecule has 0 saturated carbocycles. The highest BCUT2D eigenvalue weighted by Gasteiger charge is 2.09. The van der Waals surface area contributed by atoms with E-state index in [2.05, 4.69) is 31.6 Å². The number of benzene rings is 1. The van der Waals surface area contributed by atoms with Gasteiger partial charge in [0.1, 0.15) is 17.5 Å². The zero-order valence-electron chi connectivity index (χ0n) is 11.9. The van der Waals surface area contributed by atoms with Gasteiger partial charge in [0.25, 0.3) is 0 Å². The molecule has 3 aromatic rings. The van der Waals surface area contributed by atoms with Crippen LogP contribution in [-0.2, 0) is 6.42 Å². The molecule has 4 N–H and O–H groups in total. The van der Waals surface area contributed by atoms with Crippen molar-refractivity contribution in [2.24, 2.45) is 0 Å². The van der Waals surface area contributed by atoms with E-state index in [1.54, 1.807) is 6.20 Å². The number of fused-ring (bicyclic) bond motifs is 1. The van der Waals surface area contributed by atoms with Gasteiger partial charge in [-0.1, -0.05) is 12.1 Å². The summed E-state index contributed by atoms with van der Waals surface area (Å²) in [4.78, 5) is 8.84. The summed E-state index contributed by atoms with van der Waals surface area (Å²) < 4.78 is 0. The number of para-hydroxylation sites is 2. The molecule has 22 heavy (non-hydrogen) atoms. The minimum Gasteiger partial charge on any atom is -0.381 e. The molecule has 2 heterocycles. The molecule has 0 amide bonds. The van der Waals surface area contributed by atoms with Crippen molar-refractivity contribution in [3.63, 3.8) is 0 Å². The summed E-state index contributed by atoms with van der Waals surface area (Å²) in [5, 5.41) is 18.9. The number of rotatable bonds is 5. The van der Waals surface area contributed by atoms with Crippen molar-refractivity contribution < 1.29 is 0 Å². The van der Waals surface area contributed by atoms with Gasteiger partial charge >= 0.3 is 0 Å². The van der Waals surface area contributed by atoms with E-state index in [9.17, 15) is 0 Å². The second-order valence-electron chi connectivity index (χ2n) is 4.85. The summed E-state index contributed by atoms with van der Waals surface area (Å²) in [5.74, 6) is 0.995. The zero-order chi connectivity index (χ0) is 15.4. The van der Waals surface area contributed by atoms with Gasteiger partial charge < -0.3 is 11.1 Å². The molecule has 0 aliphatic carbocycles. The first-order valence-corrected chi connectivity index (χ1v) is 6.96. The second kappa shape index (κ2) is 6.10. The third-order valence-corrected chi connectivity index (χ3v) is 3.34. The Bertz CT molecular complexity index is 831. The standard InChI is InChI=1S/C15H15N7/c16-8-10-11(21-22-15(10)17)6-3-7-18-14-9-19-12-4-1-2-5-13(12)20-14/h1-2,4-5,9H,3,6-7H2,(H,18,20)(H3,17,21,22). The summed E-state index contributed by atoms with van der Waals surface area (Å²) in [6.45, 7) is 0.719. The number of H-pyrrole nitrogens is 1. The van der Waals surface area contributed by atoms with Crippen LogP contribution in [-0.4, -0.2) is 26.7 Å². The number of nitriles is 1. The summed E-state index contributed by atoms with van der Waals surface area (Å²) in [6.07, 6.45) is 3.24. The molecule has 0 atom stereocenters. The molecular formula is C15H15N7. The van der Waals surface area contributed by atoms with Crippen LogP contribution in [0.15, 0.2) is 30.5 Å². The normalized spacial score (nSPS) is 10.5. The molecule has 0 radical (unpaired) electrons. The Balaban J connectivity index is 1.57. The number of aromatic amines is 1. The lowest BCUT2D eigenvalue weighted by atomic mass is 10.1. The molecule has 0 bridgehead atoms. The van der Waals surface area contributed by atoms with Crippen LogP contribution in [0.4, 0.5) is 11.6 Å². The SMILES string of the molecule is N#Cc1c(N)n[nH]c1CCCNc1cnc2ccccc2n1. The Morgan fingerprint density at radius 3 is 2.91 bits per heavy atom. The molecule has 0 unspecified atom stereocenters. The van der Waals surface area contributed by atoms with Crippen LogP contribution in [0.2, 0.25) is 0 Å². The molecule has 2 aromatic heterocycles. The van der Waals surface area contributed by atoms with E-state index >= 15 is 0 Å². The number of nitrogens with one attached hydrogen (secondary N) is 2. The average Bonchev–Trinajstić information content (AvgIpc) is 2.91. The molecule has 0 aliphatic heterocycles. The van der Waals surface area contributed by atoms with Gasteiger partial charge in [0.05, 0.1) is 22.9 Å². The Labute approximate surface area is 127 Å². The third-order valence-electron chi connectivity index (χ3n) is 3.34. The maximum atomic E-state index is 9.00. The Hall–Kier alpha value is -3.14. The number of nitrogens with zero attached hydrogens (tertiary/aromatic N) is 4. The number of nitrogen functional groups attached to an aromatic ring is 1. The minimum absolute atomic E-state index is 0.255. The maximum absolute atomic E-state index is 9.00. The lowest BCUT2D eigenvalue weighted by Gasteiger charge is -2.05. The van der Waals surface area contributed by atoms with Crippen molar-refractivity contribution >= 4 is 22.7 Å². The van der Waals surface area contributed by atoms with Gasteiger partial charge in [-0.15, -0.1) is 0 Å². The van der Waals surface area contributed by atoms with Crippen LogP contribution < -0.4 is 11.1 Å². The van der Waals surface area contributed by atoms with Gasteiger partial charge in [-0.2, -0.15) is 10.4 Å². The van der Waals surface area contributed by atoms with Crippen molar-refractivity contribution in [2.45, 2.75) is 12.8 Å². The van der Waals surface area contributed by atoms with Gasteiger partial charge in [-0.3, -0.25) is 10.1 Å². The topological polar surface area (TPSA) is 116 Å². The molecule has 3 rings (SSSR count). The number of nitrogens with two attached hydrogens (primary N) is 1. The van der Waals surface area contributed by atoms with Gasteiger partial charge in [0, 0.05) is 6.54 Å². The van der Waals surface area contributed by atoms with Gasteiger partial charge in [0.2, 0.25) is 0 Å². The molecule has 0 spiro atoms. The third kappa shape index (κ3) is 2.81. The minimum atomic E-state index is 0.255. The molecule has 1 aromatic carbocycles. The summed E-state index contributed by atoms with van der Waals surface area (Å²) in [5.41, 5.74) is 8.54. The largest absolute Gasteiger partial charge is 0.381 e. The lowest BCUT2D eigenvalue weighted by Crippen LogP contribution is -2.05. The van der Waals surface area contributed by atoms with Gasteiger partial charge in [0.15, 0.2) is 5.82 Å². The molecule has 0 saturated heterocycles. The molecular weight excluding hydrogens is 278 g/mol. The predicted molar refractivity (Wildman–Crippen MR) is 84.1 cm³/mol. The Morgan fingerprint density at radius 2 is 2.09 bits per heavy atom. The van der Waals surface area contributed by atoms with Crippen molar-refractivity contribution in [1.82, 2.24) is 20.2 Å². The van der Waals surface area contributed by atoms with Crippen molar-refractivity contribution in [3.05, 3.63) is 41.7 Å². The van der Waals surface area contributed by atoms with E-state index < -0.39 is 0 Å². The van der Waals surface area contributed by atoms with E-state index in [1.165, 1.54) is 0 Å². The number of aromatic nitrogens is 4. The Kier molecular flexibility index (Phi) is 3.83. The Morgan fingerprint density at radius 1 is 1.27 bits per heavy atom. The van der Waals surface area contributed by atoms with Crippen molar-refractivity contribution in [3.8, 4) is 6.07 Å². The summed E-state index contributed by atoms with van der Waals surface area (Å²) in [6, 6.07) is 9.80. The number of aryl methyl sites for hydroxylation is 1. The van der Waals surface area contributed by atoms with E-state index in [0.29, 0.717) is 12.0 Å². The number of hydrogen-bond acceptors (Lipinski definition) is 6. The van der Waals surface area contributed by atoms with Crippen molar-refractivity contribution in [1.29, 1.82) is 5.26 Å². The van der Waals surface area contributed by atoms with E-state index in [1.807, 2.05) is 24.3 Å². The van der Waals surface area contributed by atoms with Crippen molar-refractivity contribution in [2.75, 3.05) is 17.6 Å². The van der Waals surface area contributed by atoms with Crippen LogP contribution in [0.5, 0.6) is 0 Å². The monoisotopic (exact) mass is 293 g/mol. The smallest absolute Gasteiger partial charge is 0.163 e. The van der Waals surface area contributed by atoms with Crippen LogP contribution in [0.3, 0.4) is 0 Å². The lowest BCUT2D eigenvalue weighted by molar-refractivity contribution is 0.822. The predicted octanol–water partition coefficient (Wildman–Crippen LogP) is 1.85. The fourth-order valence-corrected chi connectivity index (χ4v) is 2.22. The highest BCUT2D eigenvalue weighted by Crippen LogP contribution is 2.14. The van der Waals surface area contributed by atoms with E-state index in [-0.39, 0.29) is 5.82 Å². The summed E-state index contributed by atoms with van der Waals surface area (Å²) >= 11 is 0. The van der Waals surface area contributed by atoms with Crippen LogP contribution in [0, 0.1) is 11.3 Å². The highest BCUT2D eigenvalue weighted by molar-refractivity contribution is 5.75.